The summed E-state index contributed by atoms with van der Waals surface area (Å²) in [6, 6.07) is 11.3. The zero-order chi connectivity index (χ0) is 24.7. The lowest BCUT2D eigenvalue weighted by atomic mass is 10.1. The molecule has 178 valence electrons. The number of nitrogens with one attached hydrogen (secondary N) is 1. The van der Waals surface area contributed by atoms with Crippen LogP contribution in [0.3, 0.4) is 0 Å². The Labute approximate surface area is 206 Å². The van der Waals surface area contributed by atoms with Gasteiger partial charge in [-0.25, -0.2) is 4.79 Å². The molecule has 0 aromatic heterocycles. The number of anilines is 1. The van der Waals surface area contributed by atoms with Crippen LogP contribution in [-0.4, -0.2) is 50.9 Å². The fourth-order valence-corrected chi connectivity index (χ4v) is 4.60. The number of carboxylic acid groups (broad SMARTS) is 1. The minimum atomic E-state index is -1.24. The van der Waals surface area contributed by atoms with E-state index in [2.05, 4.69) is 5.32 Å². The number of aromatic hydroxyl groups is 1. The summed E-state index contributed by atoms with van der Waals surface area (Å²) in [6.07, 6.45) is 4.11. The molecule has 1 fully saturated rings. The van der Waals surface area contributed by atoms with Gasteiger partial charge in [0.15, 0.2) is 0 Å². The Bertz CT molecular complexity index is 1130. The van der Waals surface area contributed by atoms with Gasteiger partial charge >= 0.3 is 5.97 Å². The van der Waals surface area contributed by atoms with Crippen LogP contribution >= 0.6 is 24.0 Å². The van der Waals surface area contributed by atoms with E-state index in [4.69, 9.17) is 22.1 Å². The van der Waals surface area contributed by atoms with E-state index in [1.165, 1.54) is 30.0 Å². The van der Waals surface area contributed by atoms with Crippen LogP contribution < -0.4 is 10.1 Å². The summed E-state index contributed by atoms with van der Waals surface area (Å²) in [6.45, 7) is 0.483. The van der Waals surface area contributed by atoms with Crippen LogP contribution in [0.1, 0.15) is 41.6 Å². The molecule has 3 rings (SSSR count). The maximum Gasteiger partial charge on any atom is 0.339 e. The van der Waals surface area contributed by atoms with Crippen LogP contribution in [0.4, 0.5) is 5.69 Å². The number of hydrogen-bond acceptors (Lipinski definition) is 7. The number of nitrogens with zero attached hydrogens (tertiary/aromatic N) is 1. The molecule has 8 nitrogen and oxygen atoms in total. The summed E-state index contributed by atoms with van der Waals surface area (Å²) >= 11 is 6.64. The first-order valence-corrected chi connectivity index (χ1v) is 11.8. The molecule has 2 amide bonds. The zero-order valence-corrected chi connectivity index (χ0v) is 20.1. The number of thiocarbonyl (C=S) groups is 1. The first-order chi connectivity index (χ1) is 16.3. The molecule has 1 aliphatic rings. The Balaban J connectivity index is 1.42. The summed E-state index contributed by atoms with van der Waals surface area (Å²) in [4.78, 5) is 37.9. The van der Waals surface area contributed by atoms with Gasteiger partial charge in [-0.05, 0) is 48.7 Å². The first-order valence-electron chi connectivity index (χ1n) is 10.5. The van der Waals surface area contributed by atoms with Gasteiger partial charge in [-0.2, -0.15) is 0 Å². The van der Waals surface area contributed by atoms with Gasteiger partial charge < -0.3 is 20.3 Å². The molecule has 1 heterocycles. The lowest BCUT2D eigenvalue weighted by Crippen LogP contribution is -2.29. The molecule has 0 saturated carbocycles. The number of benzene rings is 2. The molecule has 34 heavy (non-hydrogen) atoms. The molecule has 3 N–H and O–H groups in total. The highest BCUT2D eigenvalue weighted by molar-refractivity contribution is 8.26. The average molecular weight is 501 g/mol. The number of phenols is 1. The van der Waals surface area contributed by atoms with Gasteiger partial charge in [0.05, 0.1) is 12.0 Å². The fourth-order valence-electron chi connectivity index (χ4n) is 3.29. The van der Waals surface area contributed by atoms with Crippen molar-refractivity contribution in [2.75, 3.05) is 19.0 Å². The van der Waals surface area contributed by atoms with E-state index in [0.717, 1.165) is 17.7 Å². The molecular weight excluding hydrogens is 476 g/mol. The molecule has 2 aromatic rings. The van der Waals surface area contributed by atoms with Gasteiger partial charge in [-0.1, -0.05) is 42.5 Å². The van der Waals surface area contributed by atoms with Crippen molar-refractivity contribution in [3.8, 4) is 11.5 Å². The molecule has 0 spiro atoms. The van der Waals surface area contributed by atoms with E-state index in [0.29, 0.717) is 34.3 Å². The number of unbranched alkanes of at least 4 members (excludes halogenated alkanes) is 2. The minimum absolute atomic E-state index is 0.117. The lowest BCUT2D eigenvalue weighted by molar-refractivity contribution is -0.122. The summed E-state index contributed by atoms with van der Waals surface area (Å²) in [7, 11) is 1.60. The van der Waals surface area contributed by atoms with E-state index in [-0.39, 0.29) is 23.8 Å². The van der Waals surface area contributed by atoms with Crippen molar-refractivity contribution in [3.63, 3.8) is 0 Å². The van der Waals surface area contributed by atoms with Gasteiger partial charge in [0.1, 0.15) is 21.4 Å². The van der Waals surface area contributed by atoms with Crippen LogP contribution in [0.15, 0.2) is 47.4 Å². The Hall–Kier alpha value is -3.37. The number of aromatic carboxylic acids is 1. The predicted molar refractivity (Wildman–Crippen MR) is 135 cm³/mol. The van der Waals surface area contributed by atoms with Crippen molar-refractivity contribution in [2.45, 2.75) is 25.7 Å². The third-order valence-corrected chi connectivity index (χ3v) is 6.46. The second-order valence-corrected chi connectivity index (χ2v) is 9.18. The number of rotatable bonds is 10. The van der Waals surface area contributed by atoms with Crippen LogP contribution in [-0.2, 0) is 9.59 Å². The minimum Gasteiger partial charge on any atom is -0.507 e. The van der Waals surface area contributed by atoms with Crippen molar-refractivity contribution < 1.29 is 29.3 Å². The third-order valence-electron chi connectivity index (χ3n) is 5.08. The third kappa shape index (κ3) is 6.58. The molecule has 1 aliphatic heterocycles. The van der Waals surface area contributed by atoms with Crippen LogP contribution in [0.2, 0.25) is 0 Å². The van der Waals surface area contributed by atoms with Crippen molar-refractivity contribution in [1.82, 2.24) is 4.90 Å². The molecule has 0 atom stereocenters. The normalized spacial score (nSPS) is 14.5. The second-order valence-electron chi connectivity index (χ2n) is 7.50. The van der Waals surface area contributed by atoms with E-state index >= 15 is 0 Å². The molecule has 10 heteroatoms. The van der Waals surface area contributed by atoms with Crippen molar-refractivity contribution in [1.29, 1.82) is 0 Å². The number of hydrogen-bond donors (Lipinski definition) is 3. The predicted octanol–water partition coefficient (Wildman–Crippen LogP) is 4.50. The van der Waals surface area contributed by atoms with Gasteiger partial charge in [0, 0.05) is 24.7 Å². The number of carbonyl (C=O) groups excluding carboxylic acids is 2. The number of ether oxygens (including phenoxy) is 1. The molecule has 1 saturated heterocycles. The smallest absolute Gasteiger partial charge is 0.339 e. The van der Waals surface area contributed by atoms with Gasteiger partial charge in [-0.3, -0.25) is 14.5 Å². The van der Waals surface area contributed by atoms with E-state index < -0.39 is 11.7 Å². The second kappa shape index (κ2) is 11.7. The molecule has 2 aromatic carbocycles. The van der Waals surface area contributed by atoms with Gasteiger partial charge in [0.25, 0.3) is 5.91 Å². The highest BCUT2D eigenvalue weighted by atomic mass is 32.2. The molecule has 0 unspecified atom stereocenters. The summed E-state index contributed by atoms with van der Waals surface area (Å²) in [5.41, 5.74) is 0.986. The van der Waals surface area contributed by atoms with E-state index in [1.807, 2.05) is 30.3 Å². The Kier molecular flexibility index (Phi) is 8.67. The number of carbonyl (C=O) groups is 3. The largest absolute Gasteiger partial charge is 0.507 e. The van der Waals surface area contributed by atoms with Crippen molar-refractivity contribution in [2.24, 2.45) is 0 Å². The summed E-state index contributed by atoms with van der Waals surface area (Å²) in [5.74, 6) is -1.26. The van der Waals surface area contributed by atoms with E-state index in [9.17, 15) is 19.5 Å². The Morgan fingerprint density at radius 1 is 1.15 bits per heavy atom. The number of methoxy groups -OCH3 is 1. The van der Waals surface area contributed by atoms with Crippen LogP contribution in [0.5, 0.6) is 11.5 Å². The topological polar surface area (TPSA) is 116 Å². The van der Waals surface area contributed by atoms with Crippen molar-refractivity contribution >= 4 is 57.8 Å². The molecule has 0 radical (unpaired) electrons. The fraction of sp³-hybridized carbons (Fsp3) is 0.250. The number of amides is 2. The standard InChI is InChI=1S/C24H24N2O6S2/c1-32-17-9-6-15(7-10-17)13-20-22(29)26(24(33)34-20)12-4-2-3-5-21(28)25-16-8-11-18(23(30)31)19(27)14-16/h6-11,13-14,27H,2-5,12H2,1H3,(H,25,28)(H,30,31). The van der Waals surface area contributed by atoms with E-state index in [1.54, 1.807) is 12.0 Å². The highest BCUT2D eigenvalue weighted by Gasteiger charge is 2.31. The zero-order valence-electron chi connectivity index (χ0n) is 18.4. The quantitative estimate of drug-likeness (QED) is 0.248. The maximum atomic E-state index is 12.7. The van der Waals surface area contributed by atoms with Crippen LogP contribution in [0, 0.1) is 0 Å². The molecular formula is C24H24N2O6S2. The Morgan fingerprint density at radius 2 is 1.88 bits per heavy atom. The number of thioether (sulfide) groups is 1. The monoisotopic (exact) mass is 500 g/mol. The SMILES string of the molecule is COc1ccc(C=C2SC(=S)N(CCCCCC(=O)Nc3ccc(C(=O)O)c(O)c3)C2=O)cc1. The van der Waals surface area contributed by atoms with Gasteiger partial charge in [0.2, 0.25) is 5.91 Å². The first kappa shape index (κ1) is 25.3. The van der Waals surface area contributed by atoms with Crippen molar-refractivity contribution in [3.05, 3.63) is 58.5 Å². The highest BCUT2D eigenvalue weighted by Crippen LogP contribution is 2.33. The number of carboxylic acids is 1. The maximum absolute atomic E-state index is 12.7. The molecule has 0 bridgehead atoms. The lowest BCUT2D eigenvalue weighted by Gasteiger charge is -2.14. The summed E-state index contributed by atoms with van der Waals surface area (Å²) < 4.78 is 5.66. The Morgan fingerprint density at radius 3 is 2.53 bits per heavy atom. The molecule has 0 aliphatic carbocycles. The summed E-state index contributed by atoms with van der Waals surface area (Å²) in [5, 5.41) is 21.3. The van der Waals surface area contributed by atoms with Gasteiger partial charge in [-0.15, -0.1) is 0 Å². The average Bonchev–Trinajstić information content (AvgIpc) is 3.06. The van der Waals surface area contributed by atoms with Crippen LogP contribution in [0.25, 0.3) is 6.08 Å².